The molecular formula is C14H22BrNO. The van der Waals surface area contributed by atoms with Crippen molar-refractivity contribution in [1.29, 1.82) is 0 Å². The molecule has 96 valence electrons. The zero-order chi connectivity index (χ0) is 12.8. The van der Waals surface area contributed by atoms with Gasteiger partial charge in [-0.2, -0.15) is 0 Å². The van der Waals surface area contributed by atoms with Crippen LogP contribution in [0.25, 0.3) is 0 Å². The first-order valence-corrected chi connectivity index (χ1v) is 7.01. The minimum atomic E-state index is 0.0523. The monoisotopic (exact) mass is 299 g/mol. The maximum Gasteiger partial charge on any atom is 0.124 e. The van der Waals surface area contributed by atoms with E-state index in [0.717, 1.165) is 28.6 Å². The predicted octanol–water partition coefficient (Wildman–Crippen LogP) is 4.28. The third-order valence-corrected chi connectivity index (χ3v) is 3.22. The predicted molar refractivity (Wildman–Crippen MR) is 76.3 cm³/mol. The fraction of sp³-hybridized carbons (Fsp3) is 0.571. The van der Waals surface area contributed by atoms with E-state index in [1.807, 2.05) is 19.1 Å². The largest absolute Gasteiger partial charge is 0.494 e. The van der Waals surface area contributed by atoms with Gasteiger partial charge in [-0.25, -0.2) is 0 Å². The second-order valence-corrected chi connectivity index (χ2v) is 5.61. The Morgan fingerprint density at radius 3 is 2.59 bits per heavy atom. The topological polar surface area (TPSA) is 35.2 Å². The van der Waals surface area contributed by atoms with Crippen LogP contribution in [0.1, 0.15) is 45.2 Å². The van der Waals surface area contributed by atoms with Crippen LogP contribution in [0.3, 0.4) is 0 Å². The third-order valence-electron chi connectivity index (χ3n) is 2.73. The Balaban J connectivity index is 2.81. The van der Waals surface area contributed by atoms with Gasteiger partial charge in [-0.05, 0) is 43.9 Å². The summed E-state index contributed by atoms with van der Waals surface area (Å²) in [5, 5.41) is 0. The van der Waals surface area contributed by atoms with Gasteiger partial charge in [-0.15, -0.1) is 0 Å². The van der Waals surface area contributed by atoms with E-state index in [1.165, 1.54) is 0 Å². The molecule has 0 amide bonds. The molecule has 17 heavy (non-hydrogen) atoms. The molecule has 0 radical (unpaired) electrons. The average Bonchev–Trinajstić information content (AvgIpc) is 2.28. The molecular weight excluding hydrogens is 278 g/mol. The fourth-order valence-corrected chi connectivity index (χ4v) is 2.14. The molecule has 0 aliphatic carbocycles. The molecule has 0 spiro atoms. The van der Waals surface area contributed by atoms with E-state index in [1.54, 1.807) is 0 Å². The van der Waals surface area contributed by atoms with Crippen molar-refractivity contribution in [2.24, 2.45) is 11.7 Å². The molecule has 0 fully saturated rings. The van der Waals surface area contributed by atoms with E-state index in [0.29, 0.717) is 12.5 Å². The Kier molecular flexibility index (Phi) is 6.00. The molecule has 2 N–H and O–H groups in total. The van der Waals surface area contributed by atoms with Gasteiger partial charge in [0.2, 0.25) is 0 Å². The van der Waals surface area contributed by atoms with Crippen LogP contribution < -0.4 is 10.5 Å². The van der Waals surface area contributed by atoms with Crippen molar-refractivity contribution in [3.05, 3.63) is 28.2 Å². The summed E-state index contributed by atoms with van der Waals surface area (Å²) < 4.78 is 6.67. The molecule has 1 atom stereocenters. The molecule has 1 aromatic carbocycles. The quantitative estimate of drug-likeness (QED) is 0.851. The fourth-order valence-electron chi connectivity index (χ4n) is 1.76. The van der Waals surface area contributed by atoms with Crippen molar-refractivity contribution in [3.63, 3.8) is 0 Å². The van der Waals surface area contributed by atoms with Crippen LogP contribution >= 0.6 is 15.9 Å². The molecule has 0 heterocycles. The summed E-state index contributed by atoms with van der Waals surface area (Å²) >= 11 is 3.48. The Bertz CT molecular complexity index is 352. The maximum absolute atomic E-state index is 6.24. The van der Waals surface area contributed by atoms with Crippen molar-refractivity contribution in [3.8, 4) is 5.75 Å². The van der Waals surface area contributed by atoms with E-state index in [2.05, 4.69) is 35.8 Å². The molecule has 0 bridgehead atoms. The highest BCUT2D eigenvalue weighted by atomic mass is 79.9. The van der Waals surface area contributed by atoms with Crippen LogP contribution in [-0.2, 0) is 0 Å². The van der Waals surface area contributed by atoms with Crippen molar-refractivity contribution < 1.29 is 4.74 Å². The van der Waals surface area contributed by atoms with Gasteiger partial charge in [0, 0.05) is 16.1 Å². The number of benzene rings is 1. The number of hydrogen-bond donors (Lipinski definition) is 1. The molecule has 0 saturated heterocycles. The SMILES string of the molecule is CCOc1ccc(Br)cc1C(N)CCC(C)C. The minimum Gasteiger partial charge on any atom is -0.494 e. The molecule has 1 rings (SSSR count). The Labute approximate surface area is 113 Å². The lowest BCUT2D eigenvalue weighted by Crippen LogP contribution is -2.13. The van der Waals surface area contributed by atoms with Gasteiger partial charge in [0.15, 0.2) is 0 Å². The third kappa shape index (κ3) is 4.68. The molecule has 0 aliphatic heterocycles. The number of ether oxygens (including phenoxy) is 1. The first-order valence-electron chi connectivity index (χ1n) is 6.22. The van der Waals surface area contributed by atoms with Crippen LogP contribution in [0, 0.1) is 5.92 Å². The lowest BCUT2D eigenvalue weighted by Gasteiger charge is -2.17. The molecule has 0 aliphatic rings. The van der Waals surface area contributed by atoms with Crippen LogP contribution in [0.4, 0.5) is 0 Å². The molecule has 2 nitrogen and oxygen atoms in total. The summed E-state index contributed by atoms with van der Waals surface area (Å²) in [7, 11) is 0. The summed E-state index contributed by atoms with van der Waals surface area (Å²) in [6, 6.07) is 6.09. The first-order chi connectivity index (χ1) is 8.04. The smallest absolute Gasteiger partial charge is 0.124 e. The van der Waals surface area contributed by atoms with Gasteiger partial charge < -0.3 is 10.5 Å². The molecule has 1 aromatic rings. The second-order valence-electron chi connectivity index (χ2n) is 4.69. The van der Waals surface area contributed by atoms with E-state index >= 15 is 0 Å². The Hall–Kier alpha value is -0.540. The van der Waals surface area contributed by atoms with Crippen molar-refractivity contribution in [2.45, 2.75) is 39.7 Å². The Morgan fingerprint density at radius 2 is 2.00 bits per heavy atom. The molecule has 1 unspecified atom stereocenters. The Morgan fingerprint density at radius 1 is 1.29 bits per heavy atom. The van der Waals surface area contributed by atoms with Gasteiger partial charge >= 0.3 is 0 Å². The summed E-state index contributed by atoms with van der Waals surface area (Å²) in [6.45, 7) is 7.10. The molecule has 0 aromatic heterocycles. The number of halogens is 1. The van der Waals surface area contributed by atoms with E-state index < -0.39 is 0 Å². The summed E-state index contributed by atoms with van der Waals surface area (Å²) in [5.74, 6) is 1.59. The second kappa shape index (κ2) is 7.02. The first kappa shape index (κ1) is 14.5. The summed E-state index contributed by atoms with van der Waals surface area (Å²) in [5.41, 5.74) is 7.34. The summed E-state index contributed by atoms with van der Waals surface area (Å²) in [4.78, 5) is 0. The van der Waals surface area contributed by atoms with Gasteiger partial charge in [0.1, 0.15) is 5.75 Å². The lowest BCUT2D eigenvalue weighted by atomic mass is 9.98. The van der Waals surface area contributed by atoms with Gasteiger partial charge in [-0.1, -0.05) is 29.8 Å². The van der Waals surface area contributed by atoms with Gasteiger partial charge in [0.05, 0.1) is 6.61 Å². The highest BCUT2D eigenvalue weighted by Crippen LogP contribution is 2.30. The molecule has 0 saturated carbocycles. The van der Waals surface area contributed by atoms with Crippen molar-refractivity contribution in [2.75, 3.05) is 6.61 Å². The maximum atomic E-state index is 6.24. The normalized spacial score (nSPS) is 12.8. The average molecular weight is 300 g/mol. The number of rotatable bonds is 6. The van der Waals surface area contributed by atoms with Crippen LogP contribution in [0.5, 0.6) is 5.75 Å². The number of nitrogens with two attached hydrogens (primary N) is 1. The lowest BCUT2D eigenvalue weighted by molar-refractivity contribution is 0.332. The van der Waals surface area contributed by atoms with Crippen LogP contribution in [0.2, 0.25) is 0 Å². The van der Waals surface area contributed by atoms with E-state index in [4.69, 9.17) is 10.5 Å². The zero-order valence-corrected chi connectivity index (χ0v) is 12.5. The van der Waals surface area contributed by atoms with E-state index in [-0.39, 0.29) is 6.04 Å². The number of hydrogen-bond acceptors (Lipinski definition) is 2. The summed E-state index contributed by atoms with van der Waals surface area (Å²) in [6.07, 6.45) is 2.13. The van der Waals surface area contributed by atoms with Crippen molar-refractivity contribution in [1.82, 2.24) is 0 Å². The van der Waals surface area contributed by atoms with Crippen LogP contribution in [0.15, 0.2) is 22.7 Å². The van der Waals surface area contributed by atoms with E-state index in [9.17, 15) is 0 Å². The highest BCUT2D eigenvalue weighted by Gasteiger charge is 2.13. The minimum absolute atomic E-state index is 0.0523. The zero-order valence-electron chi connectivity index (χ0n) is 10.9. The van der Waals surface area contributed by atoms with Crippen LogP contribution in [-0.4, -0.2) is 6.61 Å². The standard InChI is InChI=1S/C14H22BrNO/c1-4-17-14-8-6-11(15)9-12(14)13(16)7-5-10(2)3/h6,8-10,13H,4-5,7,16H2,1-3H3. The van der Waals surface area contributed by atoms with Crippen molar-refractivity contribution >= 4 is 15.9 Å². The highest BCUT2D eigenvalue weighted by molar-refractivity contribution is 9.10. The van der Waals surface area contributed by atoms with Gasteiger partial charge in [-0.3, -0.25) is 0 Å². The van der Waals surface area contributed by atoms with Gasteiger partial charge in [0.25, 0.3) is 0 Å². The molecule has 3 heteroatoms.